The fourth-order valence-corrected chi connectivity index (χ4v) is 2.78. The fourth-order valence-electron chi connectivity index (χ4n) is 2.78. The molecule has 2 rings (SSSR count). The molecule has 1 aliphatic carbocycles. The summed E-state index contributed by atoms with van der Waals surface area (Å²) >= 11 is 0. The third-order valence-corrected chi connectivity index (χ3v) is 3.48. The van der Waals surface area contributed by atoms with E-state index in [1.807, 2.05) is 0 Å². The number of benzene rings is 1. The molecule has 1 unspecified atom stereocenters. The van der Waals surface area contributed by atoms with E-state index < -0.39 is 0 Å². The molecule has 0 aromatic heterocycles. The molecule has 76 valence electrons. The lowest BCUT2D eigenvalue weighted by Crippen LogP contribution is -2.20. The van der Waals surface area contributed by atoms with Crippen molar-refractivity contribution < 1.29 is 0 Å². The van der Waals surface area contributed by atoms with Crippen molar-refractivity contribution in [2.24, 2.45) is 11.1 Å². The lowest BCUT2D eigenvalue weighted by Gasteiger charge is -2.27. The Bertz CT molecular complexity index is 328. The number of hydrogen-bond donors (Lipinski definition) is 1. The predicted molar refractivity (Wildman–Crippen MR) is 60.3 cm³/mol. The molecule has 2 N–H and O–H groups in total. The van der Waals surface area contributed by atoms with Gasteiger partial charge in [0.2, 0.25) is 0 Å². The minimum atomic E-state index is 0.392. The highest BCUT2D eigenvalue weighted by Crippen LogP contribution is 2.48. The molecule has 0 heterocycles. The van der Waals surface area contributed by atoms with Crippen molar-refractivity contribution in [1.29, 1.82) is 0 Å². The molecule has 1 nitrogen and oxygen atoms in total. The third kappa shape index (κ3) is 1.46. The second-order valence-electron chi connectivity index (χ2n) is 4.99. The van der Waals surface area contributed by atoms with Crippen LogP contribution < -0.4 is 5.73 Å². The largest absolute Gasteiger partial charge is 0.330 e. The van der Waals surface area contributed by atoms with Crippen LogP contribution in [0.25, 0.3) is 0 Å². The zero-order valence-electron chi connectivity index (χ0n) is 9.09. The molecule has 1 aliphatic rings. The van der Waals surface area contributed by atoms with Crippen LogP contribution in [0.15, 0.2) is 24.3 Å². The van der Waals surface area contributed by atoms with Gasteiger partial charge in [-0.15, -0.1) is 0 Å². The van der Waals surface area contributed by atoms with E-state index in [1.165, 1.54) is 17.5 Å². The Balaban J connectivity index is 2.37. The first-order valence-corrected chi connectivity index (χ1v) is 5.43. The summed E-state index contributed by atoms with van der Waals surface area (Å²) in [5, 5.41) is 0. The fraction of sp³-hybridized carbons (Fsp3) is 0.538. The van der Waals surface area contributed by atoms with Gasteiger partial charge >= 0.3 is 0 Å². The minimum absolute atomic E-state index is 0.392. The SMILES string of the molecule is CC1(C)Cc2ccccc2C1CCN. The normalized spacial score (nSPS) is 23.5. The van der Waals surface area contributed by atoms with Gasteiger partial charge in [0, 0.05) is 0 Å². The first kappa shape index (κ1) is 9.72. The van der Waals surface area contributed by atoms with Crippen molar-refractivity contribution in [3.63, 3.8) is 0 Å². The van der Waals surface area contributed by atoms with Crippen molar-refractivity contribution in [1.82, 2.24) is 0 Å². The summed E-state index contributed by atoms with van der Waals surface area (Å²) in [6, 6.07) is 8.81. The Kier molecular flexibility index (Phi) is 2.36. The Morgan fingerprint density at radius 2 is 2.07 bits per heavy atom. The summed E-state index contributed by atoms with van der Waals surface area (Å²) in [6.45, 7) is 5.50. The van der Waals surface area contributed by atoms with Gasteiger partial charge in [-0.05, 0) is 41.8 Å². The number of fused-ring (bicyclic) bond motifs is 1. The minimum Gasteiger partial charge on any atom is -0.330 e. The Morgan fingerprint density at radius 1 is 1.36 bits per heavy atom. The first-order valence-electron chi connectivity index (χ1n) is 5.43. The van der Waals surface area contributed by atoms with Gasteiger partial charge in [0.05, 0.1) is 0 Å². The lowest BCUT2D eigenvalue weighted by molar-refractivity contribution is 0.302. The molecule has 0 spiro atoms. The molecule has 0 bridgehead atoms. The van der Waals surface area contributed by atoms with E-state index in [-0.39, 0.29) is 0 Å². The topological polar surface area (TPSA) is 26.0 Å². The monoisotopic (exact) mass is 189 g/mol. The zero-order chi connectivity index (χ0) is 10.2. The highest BCUT2D eigenvalue weighted by atomic mass is 14.5. The molecule has 14 heavy (non-hydrogen) atoms. The van der Waals surface area contributed by atoms with E-state index in [9.17, 15) is 0 Å². The second kappa shape index (κ2) is 3.39. The van der Waals surface area contributed by atoms with Crippen LogP contribution in [-0.2, 0) is 6.42 Å². The summed E-state index contributed by atoms with van der Waals surface area (Å²) in [4.78, 5) is 0. The summed E-state index contributed by atoms with van der Waals surface area (Å²) in [5.74, 6) is 0.656. The highest BCUT2D eigenvalue weighted by molar-refractivity contribution is 5.37. The summed E-state index contributed by atoms with van der Waals surface area (Å²) in [6.07, 6.45) is 2.32. The molecular weight excluding hydrogens is 170 g/mol. The quantitative estimate of drug-likeness (QED) is 0.760. The molecule has 0 fully saturated rings. The van der Waals surface area contributed by atoms with Crippen LogP contribution in [0, 0.1) is 5.41 Å². The van der Waals surface area contributed by atoms with Crippen molar-refractivity contribution in [2.75, 3.05) is 6.54 Å². The van der Waals surface area contributed by atoms with E-state index >= 15 is 0 Å². The summed E-state index contributed by atoms with van der Waals surface area (Å²) < 4.78 is 0. The average Bonchev–Trinajstić information content (AvgIpc) is 2.39. The molecule has 0 saturated heterocycles. The van der Waals surface area contributed by atoms with Gasteiger partial charge in [0.15, 0.2) is 0 Å². The predicted octanol–water partition coefficient (Wildman–Crippen LogP) is 2.70. The van der Waals surface area contributed by atoms with Crippen molar-refractivity contribution in [3.05, 3.63) is 35.4 Å². The molecule has 0 radical (unpaired) electrons. The molecule has 1 aromatic carbocycles. The van der Waals surface area contributed by atoms with Gasteiger partial charge in [-0.25, -0.2) is 0 Å². The zero-order valence-corrected chi connectivity index (χ0v) is 9.09. The van der Waals surface area contributed by atoms with Crippen LogP contribution in [0.4, 0.5) is 0 Å². The van der Waals surface area contributed by atoms with Crippen molar-refractivity contribution in [2.45, 2.75) is 32.6 Å². The molecule has 0 saturated carbocycles. The Morgan fingerprint density at radius 3 is 2.79 bits per heavy atom. The van der Waals surface area contributed by atoms with Gasteiger partial charge in [-0.2, -0.15) is 0 Å². The third-order valence-electron chi connectivity index (χ3n) is 3.48. The van der Waals surface area contributed by atoms with Crippen LogP contribution >= 0.6 is 0 Å². The lowest BCUT2D eigenvalue weighted by atomic mass is 9.78. The standard InChI is InChI=1S/C13H19N/c1-13(2)9-10-5-3-4-6-11(10)12(13)7-8-14/h3-6,12H,7-9,14H2,1-2H3. The number of hydrogen-bond acceptors (Lipinski definition) is 1. The van der Waals surface area contributed by atoms with Crippen LogP contribution in [0.5, 0.6) is 0 Å². The molecule has 0 aliphatic heterocycles. The van der Waals surface area contributed by atoms with Gasteiger partial charge in [0.25, 0.3) is 0 Å². The smallest absolute Gasteiger partial charge is 0.00712 e. The average molecular weight is 189 g/mol. The highest BCUT2D eigenvalue weighted by Gasteiger charge is 2.37. The molecule has 1 aromatic rings. The van der Waals surface area contributed by atoms with Crippen LogP contribution in [0.3, 0.4) is 0 Å². The maximum absolute atomic E-state index is 5.69. The van der Waals surface area contributed by atoms with Gasteiger partial charge in [-0.1, -0.05) is 38.1 Å². The molecular formula is C13H19N. The van der Waals surface area contributed by atoms with Crippen LogP contribution in [-0.4, -0.2) is 6.54 Å². The Labute approximate surface area is 86.3 Å². The van der Waals surface area contributed by atoms with E-state index in [0.717, 1.165) is 13.0 Å². The van der Waals surface area contributed by atoms with E-state index in [0.29, 0.717) is 11.3 Å². The molecule has 0 amide bonds. The van der Waals surface area contributed by atoms with Crippen LogP contribution in [0.1, 0.15) is 37.3 Å². The maximum atomic E-state index is 5.69. The van der Waals surface area contributed by atoms with E-state index in [4.69, 9.17) is 5.73 Å². The maximum Gasteiger partial charge on any atom is -0.00712 e. The Hall–Kier alpha value is -0.820. The van der Waals surface area contributed by atoms with Crippen molar-refractivity contribution in [3.8, 4) is 0 Å². The first-order chi connectivity index (χ1) is 6.65. The van der Waals surface area contributed by atoms with Gasteiger partial charge in [0.1, 0.15) is 0 Å². The summed E-state index contributed by atoms with van der Waals surface area (Å²) in [7, 11) is 0. The molecule has 1 heteroatoms. The van der Waals surface area contributed by atoms with E-state index in [2.05, 4.69) is 38.1 Å². The number of rotatable bonds is 2. The number of nitrogens with two attached hydrogens (primary N) is 1. The van der Waals surface area contributed by atoms with E-state index in [1.54, 1.807) is 0 Å². The summed E-state index contributed by atoms with van der Waals surface area (Å²) in [5.41, 5.74) is 9.13. The van der Waals surface area contributed by atoms with Gasteiger partial charge < -0.3 is 5.73 Å². The molecule has 1 atom stereocenters. The van der Waals surface area contributed by atoms with Crippen LogP contribution in [0.2, 0.25) is 0 Å². The van der Waals surface area contributed by atoms with Crippen molar-refractivity contribution >= 4 is 0 Å². The van der Waals surface area contributed by atoms with Gasteiger partial charge in [-0.3, -0.25) is 0 Å². The second-order valence-corrected chi connectivity index (χ2v) is 4.99.